The molecule has 102 valence electrons. The summed E-state index contributed by atoms with van der Waals surface area (Å²) < 4.78 is 4.97. The molecule has 5 heteroatoms. The van der Waals surface area contributed by atoms with Crippen LogP contribution in [0.3, 0.4) is 0 Å². The van der Waals surface area contributed by atoms with Crippen LogP contribution in [0.15, 0.2) is 29.3 Å². The average Bonchev–Trinajstić information content (AvgIpc) is 2.44. The van der Waals surface area contributed by atoms with E-state index in [-0.39, 0.29) is 0 Å². The highest BCUT2D eigenvalue weighted by Crippen LogP contribution is 2.05. The standard InChI is InChI=1S/C14H18N2O3/c1-2-3-8-19-14(18)16-10-13-6-4-12(5-7-13)9-15-11-17/h4-7H,2-3,8-10H2,1H3,(H,16,18). The molecule has 0 unspecified atom stereocenters. The predicted molar refractivity (Wildman–Crippen MR) is 71.4 cm³/mol. The van der Waals surface area contributed by atoms with Gasteiger partial charge in [-0.25, -0.2) is 14.6 Å². The van der Waals surface area contributed by atoms with Crippen molar-refractivity contribution in [3.8, 4) is 0 Å². The fraction of sp³-hybridized carbons (Fsp3) is 0.429. The second kappa shape index (κ2) is 8.89. The first-order valence-corrected chi connectivity index (χ1v) is 6.28. The average molecular weight is 262 g/mol. The monoisotopic (exact) mass is 262 g/mol. The van der Waals surface area contributed by atoms with Crippen LogP contribution in [0.25, 0.3) is 0 Å². The van der Waals surface area contributed by atoms with Crippen molar-refractivity contribution >= 4 is 12.2 Å². The molecule has 5 nitrogen and oxygen atoms in total. The number of aliphatic imine (C=N–C) groups is 1. The Morgan fingerprint density at radius 2 is 2.00 bits per heavy atom. The van der Waals surface area contributed by atoms with Crippen molar-refractivity contribution < 1.29 is 14.3 Å². The minimum atomic E-state index is -0.400. The first kappa shape index (κ1) is 14.9. The van der Waals surface area contributed by atoms with Gasteiger partial charge >= 0.3 is 6.09 Å². The van der Waals surface area contributed by atoms with Crippen molar-refractivity contribution in [3.63, 3.8) is 0 Å². The summed E-state index contributed by atoms with van der Waals surface area (Å²) in [4.78, 5) is 24.8. The molecule has 0 aliphatic carbocycles. The third-order valence-corrected chi connectivity index (χ3v) is 2.52. The number of hydrogen-bond donors (Lipinski definition) is 1. The maximum absolute atomic E-state index is 11.3. The Balaban J connectivity index is 2.32. The topological polar surface area (TPSA) is 67.8 Å². The summed E-state index contributed by atoms with van der Waals surface area (Å²) in [5, 5.41) is 2.67. The van der Waals surface area contributed by atoms with E-state index in [4.69, 9.17) is 4.74 Å². The molecule has 0 saturated carbocycles. The number of rotatable bonds is 7. The number of ether oxygens (including phenoxy) is 1. The maximum Gasteiger partial charge on any atom is 0.407 e. The van der Waals surface area contributed by atoms with Crippen molar-refractivity contribution in [2.24, 2.45) is 4.99 Å². The molecule has 0 radical (unpaired) electrons. The Labute approximate surface area is 112 Å². The molecule has 19 heavy (non-hydrogen) atoms. The van der Waals surface area contributed by atoms with Crippen molar-refractivity contribution in [1.29, 1.82) is 0 Å². The summed E-state index contributed by atoms with van der Waals surface area (Å²) in [6.45, 7) is 3.24. The molecule has 0 fully saturated rings. The van der Waals surface area contributed by atoms with Crippen LogP contribution >= 0.6 is 0 Å². The summed E-state index contributed by atoms with van der Waals surface area (Å²) in [7, 11) is 0. The first-order valence-electron chi connectivity index (χ1n) is 6.28. The Hall–Kier alpha value is -2.13. The van der Waals surface area contributed by atoms with Crippen LogP contribution in [0.2, 0.25) is 0 Å². The van der Waals surface area contributed by atoms with E-state index in [9.17, 15) is 9.59 Å². The number of isocyanates is 1. The van der Waals surface area contributed by atoms with Gasteiger partial charge in [0.15, 0.2) is 0 Å². The second-order valence-electron chi connectivity index (χ2n) is 4.07. The Bertz CT molecular complexity index is 437. The number of carbonyl (C=O) groups is 1. The molecule has 0 spiro atoms. The van der Waals surface area contributed by atoms with Gasteiger partial charge in [0.25, 0.3) is 0 Å². The van der Waals surface area contributed by atoms with Gasteiger partial charge in [-0.1, -0.05) is 37.6 Å². The number of alkyl carbamates (subject to hydrolysis) is 1. The van der Waals surface area contributed by atoms with Gasteiger partial charge in [-0.15, -0.1) is 0 Å². The van der Waals surface area contributed by atoms with Crippen molar-refractivity contribution in [2.45, 2.75) is 32.9 Å². The number of hydrogen-bond acceptors (Lipinski definition) is 4. The van der Waals surface area contributed by atoms with Crippen LogP contribution in [-0.4, -0.2) is 18.8 Å². The lowest BCUT2D eigenvalue weighted by Crippen LogP contribution is -2.24. The number of amides is 1. The minimum absolute atomic E-state index is 0.330. The van der Waals surface area contributed by atoms with Crippen LogP contribution in [0.4, 0.5) is 4.79 Å². The number of carbonyl (C=O) groups excluding carboxylic acids is 2. The van der Waals surface area contributed by atoms with Crippen molar-refractivity contribution in [3.05, 3.63) is 35.4 Å². The highest BCUT2D eigenvalue weighted by Gasteiger charge is 2.01. The van der Waals surface area contributed by atoms with Gasteiger partial charge in [0, 0.05) is 6.54 Å². The van der Waals surface area contributed by atoms with Gasteiger partial charge in [-0.3, -0.25) is 0 Å². The summed E-state index contributed by atoms with van der Waals surface area (Å²) in [6.07, 6.45) is 2.97. The van der Waals surface area contributed by atoms with Crippen molar-refractivity contribution in [1.82, 2.24) is 5.32 Å². The van der Waals surface area contributed by atoms with Gasteiger partial charge in [-0.05, 0) is 17.5 Å². The Morgan fingerprint density at radius 3 is 2.63 bits per heavy atom. The predicted octanol–water partition coefficient (Wildman–Crippen LogP) is 2.55. The zero-order chi connectivity index (χ0) is 13.9. The molecule has 0 aliphatic heterocycles. The van der Waals surface area contributed by atoms with E-state index in [1.54, 1.807) is 0 Å². The van der Waals surface area contributed by atoms with E-state index in [1.165, 1.54) is 6.08 Å². The van der Waals surface area contributed by atoms with Crippen LogP contribution in [0, 0.1) is 0 Å². The van der Waals surface area contributed by atoms with E-state index in [0.29, 0.717) is 19.7 Å². The fourth-order valence-electron chi connectivity index (χ4n) is 1.42. The van der Waals surface area contributed by atoms with E-state index in [1.807, 2.05) is 31.2 Å². The van der Waals surface area contributed by atoms with Gasteiger partial charge in [-0.2, -0.15) is 0 Å². The highest BCUT2D eigenvalue weighted by molar-refractivity contribution is 5.67. The lowest BCUT2D eigenvalue weighted by molar-refractivity contribution is 0.144. The molecule has 1 aromatic rings. The summed E-state index contributed by atoms with van der Waals surface area (Å²) in [5.74, 6) is 0. The molecule has 0 bridgehead atoms. The van der Waals surface area contributed by atoms with E-state index >= 15 is 0 Å². The van der Waals surface area contributed by atoms with Gasteiger partial charge in [0.2, 0.25) is 6.08 Å². The summed E-state index contributed by atoms with van der Waals surface area (Å²) >= 11 is 0. The highest BCUT2D eigenvalue weighted by atomic mass is 16.5. The number of unbranched alkanes of at least 4 members (excludes halogenated alkanes) is 1. The maximum atomic E-state index is 11.3. The number of nitrogens with zero attached hydrogens (tertiary/aromatic N) is 1. The molecule has 0 saturated heterocycles. The number of benzene rings is 1. The lowest BCUT2D eigenvalue weighted by atomic mass is 10.1. The lowest BCUT2D eigenvalue weighted by Gasteiger charge is -2.06. The smallest absolute Gasteiger partial charge is 0.407 e. The van der Waals surface area contributed by atoms with Crippen LogP contribution in [-0.2, 0) is 22.6 Å². The molecule has 0 heterocycles. The molecule has 0 atom stereocenters. The van der Waals surface area contributed by atoms with Crippen molar-refractivity contribution in [2.75, 3.05) is 6.61 Å². The molecular formula is C14H18N2O3. The Kier molecular flexibility index (Phi) is 6.98. The zero-order valence-corrected chi connectivity index (χ0v) is 11.0. The molecule has 1 rings (SSSR count). The molecule has 1 N–H and O–H groups in total. The Morgan fingerprint density at radius 1 is 1.32 bits per heavy atom. The minimum Gasteiger partial charge on any atom is -0.450 e. The van der Waals surface area contributed by atoms with Gasteiger partial charge in [0.1, 0.15) is 0 Å². The van der Waals surface area contributed by atoms with Crippen LogP contribution in [0.5, 0.6) is 0 Å². The first-order chi connectivity index (χ1) is 9.26. The summed E-state index contributed by atoms with van der Waals surface area (Å²) in [6, 6.07) is 7.48. The van der Waals surface area contributed by atoms with E-state index in [0.717, 1.165) is 24.0 Å². The zero-order valence-electron chi connectivity index (χ0n) is 11.0. The third kappa shape index (κ3) is 6.38. The number of nitrogens with one attached hydrogen (secondary N) is 1. The van der Waals surface area contributed by atoms with Crippen LogP contribution < -0.4 is 5.32 Å². The molecular weight excluding hydrogens is 244 g/mol. The third-order valence-electron chi connectivity index (χ3n) is 2.52. The van der Waals surface area contributed by atoms with Gasteiger partial charge in [0.05, 0.1) is 13.2 Å². The van der Waals surface area contributed by atoms with E-state index in [2.05, 4.69) is 10.3 Å². The molecule has 1 aromatic carbocycles. The van der Waals surface area contributed by atoms with Gasteiger partial charge < -0.3 is 10.1 Å². The van der Waals surface area contributed by atoms with E-state index < -0.39 is 6.09 Å². The fourth-order valence-corrected chi connectivity index (χ4v) is 1.42. The largest absolute Gasteiger partial charge is 0.450 e. The molecule has 0 aromatic heterocycles. The van der Waals surface area contributed by atoms with Crippen LogP contribution in [0.1, 0.15) is 30.9 Å². The molecule has 1 amide bonds. The SMILES string of the molecule is CCCCOC(=O)NCc1ccc(CN=C=O)cc1. The quantitative estimate of drug-likeness (QED) is 0.466. The summed E-state index contributed by atoms with van der Waals surface area (Å²) in [5.41, 5.74) is 1.89. The second-order valence-corrected chi connectivity index (χ2v) is 4.07. The normalized spacial score (nSPS) is 9.53. The molecule has 0 aliphatic rings.